The number of hydrogen-bond acceptors (Lipinski definition) is 6. The standard InChI is InChI=1S/C26H29F3N4O3S/c1-4-5-13-33-19-15-30-12-9-21(19)37-24(33)32-22(34)18-14-17(26(27,28)29)7-8-20(18)36-23(35)25(16(2)3)10-6-11-31-25/h7-9,12,14-16,31H,4-6,10-11,13H2,1-3H3/t25-/m0/s1. The van der Waals surface area contributed by atoms with Crippen molar-refractivity contribution in [3.05, 3.63) is 52.6 Å². The van der Waals surface area contributed by atoms with Crippen LogP contribution in [0.4, 0.5) is 13.2 Å². The molecule has 0 radical (unpaired) electrons. The van der Waals surface area contributed by atoms with Gasteiger partial charge >= 0.3 is 12.1 Å². The summed E-state index contributed by atoms with van der Waals surface area (Å²) in [6, 6.07) is 4.32. The highest BCUT2D eigenvalue weighted by Crippen LogP contribution is 2.35. The molecule has 7 nitrogen and oxygen atoms in total. The number of benzene rings is 1. The Hall–Kier alpha value is -3.05. The molecule has 3 heterocycles. The van der Waals surface area contributed by atoms with Gasteiger partial charge in [0.15, 0.2) is 4.80 Å². The molecule has 1 aromatic carbocycles. The summed E-state index contributed by atoms with van der Waals surface area (Å²) in [6.45, 7) is 6.97. The van der Waals surface area contributed by atoms with Crippen LogP contribution in [0.15, 0.2) is 41.7 Å². The summed E-state index contributed by atoms with van der Waals surface area (Å²) < 4.78 is 48.9. The van der Waals surface area contributed by atoms with Crippen molar-refractivity contribution in [2.24, 2.45) is 10.9 Å². The number of pyridine rings is 1. The first-order valence-electron chi connectivity index (χ1n) is 12.3. The Kier molecular flexibility index (Phi) is 7.84. The van der Waals surface area contributed by atoms with Crippen LogP contribution in [-0.4, -0.2) is 33.5 Å². The molecule has 3 aromatic rings. The lowest BCUT2D eigenvalue weighted by molar-refractivity contribution is -0.143. The van der Waals surface area contributed by atoms with Crippen LogP contribution >= 0.6 is 11.3 Å². The molecule has 11 heteroatoms. The van der Waals surface area contributed by atoms with Gasteiger partial charge in [-0.05, 0) is 56.0 Å². The first-order valence-corrected chi connectivity index (χ1v) is 13.1. The summed E-state index contributed by atoms with van der Waals surface area (Å²) in [7, 11) is 0. The van der Waals surface area contributed by atoms with Crippen LogP contribution in [0.5, 0.6) is 5.75 Å². The molecule has 2 aromatic heterocycles. The van der Waals surface area contributed by atoms with Gasteiger partial charge in [-0.25, -0.2) is 4.79 Å². The number of amides is 1. The lowest BCUT2D eigenvalue weighted by Crippen LogP contribution is -2.54. The van der Waals surface area contributed by atoms with Gasteiger partial charge in [0, 0.05) is 12.7 Å². The molecular weight excluding hydrogens is 505 g/mol. The highest BCUT2D eigenvalue weighted by atomic mass is 32.1. The molecule has 1 saturated heterocycles. The summed E-state index contributed by atoms with van der Waals surface area (Å²) >= 11 is 1.25. The average Bonchev–Trinajstić information content (AvgIpc) is 3.48. The second-order valence-electron chi connectivity index (χ2n) is 9.40. The molecule has 1 fully saturated rings. The molecule has 0 unspecified atom stereocenters. The summed E-state index contributed by atoms with van der Waals surface area (Å²) in [4.78, 5) is 35.3. The van der Waals surface area contributed by atoms with E-state index >= 15 is 0 Å². The van der Waals surface area contributed by atoms with Gasteiger partial charge in [-0.1, -0.05) is 38.5 Å². The number of ether oxygens (including phenoxy) is 1. The van der Waals surface area contributed by atoms with Gasteiger partial charge in [0.05, 0.1) is 27.5 Å². The summed E-state index contributed by atoms with van der Waals surface area (Å²) in [6.07, 6.45) is 1.62. The Labute approximate surface area is 216 Å². The fourth-order valence-corrected chi connectivity index (χ4v) is 5.53. The van der Waals surface area contributed by atoms with Crippen molar-refractivity contribution in [2.75, 3.05) is 6.54 Å². The van der Waals surface area contributed by atoms with Gasteiger partial charge < -0.3 is 14.6 Å². The number of aryl methyl sites for hydroxylation is 1. The minimum atomic E-state index is -4.69. The number of halogens is 3. The Balaban J connectivity index is 1.79. The number of alkyl halides is 3. The smallest absolute Gasteiger partial charge is 0.416 e. The van der Waals surface area contributed by atoms with Gasteiger partial charge in [0.25, 0.3) is 5.91 Å². The minimum Gasteiger partial charge on any atom is -0.424 e. The zero-order valence-electron chi connectivity index (χ0n) is 20.9. The Morgan fingerprint density at radius 2 is 2.08 bits per heavy atom. The summed E-state index contributed by atoms with van der Waals surface area (Å²) in [5, 5.41) is 3.19. The van der Waals surface area contributed by atoms with E-state index < -0.39 is 34.7 Å². The maximum atomic E-state index is 13.5. The number of esters is 1. The van der Waals surface area contributed by atoms with Crippen LogP contribution in [0.25, 0.3) is 10.2 Å². The van der Waals surface area contributed by atoms with E-state index in [0.717, 1.165) is 41.6 Å². The number of rotatable bonds is 7. The topological polar surface area (TPSA) is 85.6 Å². The molecule has 0 aliphatic carbocycles. The second-order valence-corrected chi connectivity index (χ2v) is 10.4. The van der Waals surface area contributed by atoms with Crippen molar-refractivity contribution >= 4 is 33.4 Å². The number of nitrogens with zero attached hydrogens (tertiary/aromatic N) is 3. The number of fused-ring (bicyclic) bond motifs is 1. The Morgan fingerprint density at radius 1 is 1.30 bits per heavy atom. The largest absolute Gasteiger partial charge is 0.424 e. The van der Waals surface area contributed by atoms with Gasteiger partial charge in [0.1, 0.15) is 11.3 Å². The molecule has 0 bridgehead atoms. The molecule has 1 amide bonds. The predicted molar refractivity (Wildman–Crippen MR) is 134 cm³/mol. The Bertz CT molecular complexity index is 1370. The molecule has 198 valence electrons. The molecule has 0 spiro atoms. The highest BCUT2D eigenvalue weighted by Gasteiger charge is 2.46. The molecular formula is C26H29F3N4O3S. The van der Waals surface area contributed by atoms with Crippen LogP contribution in [0.2, 0.25) is 0 Å². The van der Waals surface area contributed by atoms with Crippen molar-refractivity contribution in [2.45, 2.75) is 64.7 Å². The number of thiazole rings is 1. The number of aromatic nitrogens is 2. The first kappa shape index (κ1) is 27.0. The highest BCUT2D eigenvalue weighted by molar-refractivity contribution is 7.16. The molecule has 1 N–H and O–H groups in total. The Morgan fingerprint density at radius 3 is 2.73 bits per heavy atom. The molecule has 1 atom stereocenters. The quantitative estimate of drug-likeness (QED) is 0.327. The van der Waals surface area contributed by atoms with Crippen molar-refractivity contribution in [3.63, 3.8) is 0 Å². The molecule has 37 heavy (non-hydrogen) atoms. The van der Waals surface area contributed by atoms with Gasteiger partial charge in [0.2, 0.25) is 0 Å². The normalized spacial score (nSPS) is 18.6. The fourth-order valence-electron chi connectivity index (χ4n) is 4.50. The molecule has 4 rings (SSSR count). The lowest BCUT2D eigenvalue weighted by atomic mass is 9.85. The monoisotopic (exact) mass is 534 g/mol. The van der Waals surface area contributed by atoms with Crippen molar-refractivity contribution < 1.29 is 27.5 Å². The predicted octanol–water partition coefficient (Wildman–Crippen LogP) is 5.34. The van der Waals surface area contributed by atoms with Gasteiger partial charge in [-0.15, -0.1) is 0 Å². The molecule has 0 saturated carbocycles. The van der Waals surface area contributed by atoms with E-state index in [4.69, 9.17) is 4.74 Å². The van der Waals surface area contributed by atoms with E-state index in [1.54, 1.807) is 18.5 Å². The zero-order chi connectivity index (χ0) is 26.8. The SMILES string of the molecule is CCCCn1c(=NC(=O)c2cc(C(F)(F)F)ccc2OC(=O)[C@@]2(C(C)C)CCCN2)sc2ccncc21. The number of nitrogens with one attached hydrogen (secondary N) is 1. The fraction of sp³-hybridized carbons (Fsp3) is 0.462. The number of unbranched alkanes of at least 4 members (excludes halogenated alkanes) is 1. The third-order valence-electron chi connectivity index (χ3n) is 6.69. The molecule has 1 aliphatic rings. The van der Waals surface area contributed by atoms with Crippen molar-refractivity contribution in [1.82, 2.24) is 14.9 Å². The van der Waals surface area contributed by atoms with E-state index in [2.05, 4.69) is 15.3 Å². The van der Waals surface area contributed by atoms with E-state index in [0.29, 0.717) is 30.4 Å². The molecule has 1 aliphatic heterocycles. The van der Waals surface area contributed by atoms with Crippen LogP contribution < -0.4 is 14.9 Å². The summed E-state index contributed by atoms with van der Waals surface area (Å²) in [5.74, 6) is -1.91. The van der Waals surface area contributed by atoms with Crippen molar-refractivity contribution in [1.29, 1.82) is 0 Å². The third-order valence-corrected chi connectivity index (χ3v) is 7.75. The number of hydrogen-bond donors (Lipinski definition) is 1. The van der Waals surface area contributed by atoms with E-state index in [1.165, 1.54) is 11.3 Å². The lowest BCUT2D eigenvalue weighted by Gasteiger charge is -2.31. The zero-order valence-corrected chi connectivity index (χ0v) is 21.7. The first-order chi connectivity index (χ1) is 17.6. The van der Waals surface area contributed by atoms with Gasteiger partial charge in [-0.2, -0.15) is 18.2 Å². The van der Waals surface area contributed by atoms with Crippen molar-refractivity contribution in [3.8, 4) is 5.75 Å². The van der Waals surface area contributed by atoms with Crippen LogP contribution in [0.1, 0.15) is 62.4 Å². The summed E-state index contributed by atoms with van der Waals surface area (Å²) in [5.41, 5.74) is -1.63. The number of carbonyl (C=O) groups excluding carboxylic acids is 2. The average molecular weight is 535 g/mol. The van der Waals surface area contributed by atoms with Crippen LogP contribution in [-0.2, 0) is 17.5 Å². The maximum Gasteiger partial charge on any atom is 0.416 e. The van der Waals surface area contributed by atoms with Gasteiger partial charge in [-0.3, -0.25) is 9.78 Å². The third kappa shape index (κ3) is 5.47. The van der Waals surface area contributed by atoms with E-state index in [1.807, 2.05) is 25.3 Å². The maximum absolute atomic E-state index is 13.5. The second kappa shape index (κ2) is 10.7. The van der Waals surface area contributed by atoms with Crippen LogP contribution in [0.3, 0.4) is 0 Å². The van der Waals surface area contributed by atoms with E-state index in [-0.39, 0.29) is 11.7 Å². The van der Waals surface area contributed by atoms with E-state index in [9.17, 15) is 22.8 Å². The number of carbonyl (C=O) groups is 2. The minimum absolute atomic E-state index is 0.120. The van der Waals surface area contributed by atoms with Crippen LogP contribution in [0, 0.1) is 5.92 Å².